The number of nitrogens with two attached hydrogens (primary N) is 1. The number of aryl methyl sites for hydroxylation is 1. The monoisotopic (exact) mass is 602 g/mol. The Labute approximate surface area is 259 Å². The molecule has 11 nitrogen and oxygen atoms in total. The summed E-state index contributed by atoms with van der Waals surface area (Å²) in [6, 6.07) is 19.8. The van der Waals surface area contributed by atoms with Crippen LogP contribution in [-0.2, 0) is 13.1 Å². The number of likely N-dealkylation sites (tertiary alicyclic amines) is 1. The number of pyridine rings is 1. The van der Waals surface area contributed by atoms with Gasteiger partial charge in [-0.1, -0.05) is 12.1 Å². The van der Waals surface area contributed by atoms with Gasteiger partial charge in [0.05, 0.1) is 37.2 Å². The second-order valence-corrected chi connectivity index (χ2v) is 11.7. The molecule has 2 bridgehead atoms. The molecule has 0 unspecified atom stereocenters. The number of fused-ring (bicyclic) bond motifs is 11. The fraction of sp³-hybridized carbons (Fsp3) is 0.294. The molecule has 0 spiro atoms. The molecular formula is C34H34N8O3. The SMILES string of the molecule is COc1cc(C(=O)N2CCC[C@@H](N)C2)cc2nc3n(c12)Cc1ccn(n1)-c1ccccc1OCCCn1c-3cc2cccnc21. The van der Waals surface area contributed by atoms with Gasteiger partial charge in [-0.25, -0.2) is 14.6 Å². The molecule has 0 saturated carbocycles. The van der Waals surface area contributed by atoms with Gasteiger partial charge in [0.15, 0.2) is 5.82 Å². The second-order valence-electron chi connectivity index (χ2n) is 11.7. The third-order valence-electron chi connectivity index (χ3n) is 8.76. The van der Waals surface area contributed by atoms with Gasteiger partial charge in [-0.15, -0.1) is 0 Å². The summed E-state index contributed by atoms with van der Waals surface area (Å²) in [5.41, 5.74) is 11.8. The van der Waals surface area contributed by atoms with Gasteiger partial charge in [0.25, 0.3) is 5.91 Å². The molecule has 1 fully saturated rings. The number of para-hydroxylation sites is 2. The van der Waals surface area contributed by atoms with Crippen molar-refractivity contribution in [3.05, 3.63) is 84.3 Å². The number of carbonyl (C=O) groups is 1. The number of aromatic nitrogens is 6. The number of hydrogen-bond donors (Lipinski definition) is 1. The van der Waals surface area contributed by atoms with Crippen molar-refractivity contribution in [3.63, 3.8) is 0 Å². The van der Waals surface area contributed by atoms with Crippen LogP contribution in [0.15, 0.2) is 73.1 Å². The Hall–Kier alpha value is -5.16. The highest BCUT2D eigenvalue weighted by molar-refractivity contribution is 6.00. The minimum atomic E-state index is -0.0597. The lowest BCUT2D eigenvalue weighted by Crippen LogP contribution is -2.45. The summed E-state index contributed by atoms with van der Waals surface area (Å²) < 4.78 is 18.4. The highest BCUT2D eigenvalue weighted by Gasteiger charge is 2.27. The zero-order valence-electron chi connectivity index (χ0n) is 25.1. The highest BCUT2D eigenvalue weighted by Crippen LogP contribution is 2.36. The number of nitrogens with zero attached hydrogens (tertiary/aromatic N) is 7. The van der Waals surface area contributed by atoms with Crippen LogP contribution >= 0.6 is 0 Å². The number of ether oxygens (including phenoxy) is 2. The molecule has 4 aromatic heterocycles. The van der Waals surface area contributed by atoms with E-state index in [0.29, 0.717) is 49.6 Å². The van der Waals surface area contributed by atoms with Crippen LogP contribution in [0.3, 0.4) is 0 Å². The number of methoxy groups -OCH3 is 1. The topological polar surface area (TPSA) is 118 Å². The van der Waals surface area contributed by atoms with E-state index >= 15 is 0 Å². The van der Waals surface area contributed by atoms with E-state index in [1.54, 1.807) is 7.11 Å². The lowest BCUT2D eigenvalue weighted by Gasteiger charge is -2.30. The molecule has 2 N–H and O–H groups in total. The van der Waals surface area contributed by atoms with Gasteiger partial charge in [0.1, 0.15) is 28.4 Å². The number of rotatable bonds is 2. The molecule has 1 amide bonds. The Kier molecular flexibility index (Phi) is 6.75. The van der Waals surface area contributed by atoms with Crippen LogP contribution in [0, 0.1) is 0 Å². The molecule has 2 aliphatic rings. The normalized spacial score (nSPS) is 16.8. The molecule has 2 aromatic carbocycles. The zero-order valence-corrected chi connectivity index (χ0v) is 25.1. The van der Waals surface area contributed by atoms with E-state index in [0.717, 1.165) is 64.5 Å². The number of piperidine rings is 1. The van der Waals surface area contributed by atoms with E-state index in [1.807, 2.05) is 70.5 Å². The molecular weight excluding hydrogens is 568 g/mol. The first-order valence-electron chi connectivity index (χ1n) is 15.4. The van der Waals surface area contributed by atoms with E-state index in [4.69, 9.17) is 30.3 Å². The standard InChI is InChI=1S/C34H34N8O3/c1-44-30-19-23(34(43)39-13-5-8-24(35)20-39)17-26-31(30)41-21-25-11-15-42(38-25)27-9-2-3-10-29(27)45-16-6-14-40-28(33(41)37-26)18-22-7-4-12-36-32(22)40/h2-4,7,9-12,15,17-19,24H,5-6,8,13-14,16,20-21,35H2,1H3/t24-/m1/s1. The lowest BCUT2D eigenvalue weighted by atomic mass is 10.0. The molecule has 45 heavy (non-hydrogen) atoms. The molecule has 1 saturated heterocycles. The Balaban J connectivity index is 1.33. The third-order valence-corrected chi connectivity index (χ3v) is 8.76. The quantitative estimate of drug-likeness (QED) is 0.307. The molecule has 1 atom stereocenters. The van der Waals surface area contributed by atoms with Crippen molar-refractivity contribution < 1.29 is 14.3 Å². The van der Waals surface area contributed by atoms with Crippen LogP contribution in [0.2, 0.25) is 0 Å². The van der Waals surface area contributed by atoms with E-state index in [-0.39, 0.29) is 11.9 Å². The average molecular weight is 603 g/mol. The van der Waals surface area contributed by atoms with Gasteiger partial charge in [-0.3, -0.25) is 4.79 Å². The van der Waals surface area contributed by atoms with Crippen molar-refractivity contribution in [2.75, 3.05) is 26.8 Å². The van der Waals surface area contributed by atoms with Gasteiger partial charge in [-0.2, -0.15) is 5.10 Å². The van der Waals surface area contributed by atoms with Crippen molar-refractivity contribution in [2.24, 2.45) is 5.73 Å². The maximum Gasteiger partial charge on any atom is 0.254 e. The molecule has 0 aliphatic carbocycles. The van der Waals surface area contributed by atoms with Crippen LogP contribution in [0.1, 0.15) is 35.3 Å². The van der Waals surface area contributed by atoms with Gasteiger partial charge in [0.2, 0.25) is 0 Å². The summed E-state index contributed by atoms with van der Waals surface area (Å²) in [6.07, 6.45) is 6.35. The van der Waals surface area contributed by atoms with Crippen LogP contribution in [0.25, 0.3) is 39.3 Å². The maximum atomic E-state index is 13.7. The predicted octanol–water partition coefficient (Wildman–Crippen LogP) is 4.64. The van der Waals surface area contributed by atoms with E-state index in [9.17, 15) is 4.79 Å². The number of hydrogen-bond acceptors (Lipinski definition) is 7. The van der Waals surface area contributed by atoms with Crippen molar-refractivity contribution in [1.29, 1.82) is 0 Å². The van der Waals surface area contributed by atoms with E-state index in [1.165, 1.54) is 0 Å². The number of benzene rings is 2. The van der Waals surface area contributed by atoms with E-state index < -0.39 is 0 Å². The molecule has 2 aliphatic heterocycles. The molecule has 11 heteroatoms. The predicted molar refractivity (Wildman–Crippen MR) is 171 cm³/mol. The van der Waals surface area contributed by atoms with Gasteiger partial charge < -0.3 is 29.2 Å². The Bertz CT molecular complexity index is 2060. The molecule has 8 rings (SSSR count). The first kappa shape index (κ1) is 27.4. The highest BCUT2D eigenvalue weighted by atomic mass is 16.5. The minimum Gasteiger partial charge on any atom is -0.494 e. The maximum absolute atomic E-state index is 13.7. The molecule has 228 valence electrons. The van der Waals surface area contributed by atoms with Crippen LogP contribution in [-0.4, -0.2) is 72.5 Å². The van der Waals surface area contributed by atoms with Crippen molar-refractivity contribution >= 4 is 28.0 Å². The van der Waals surface area contributed by atoms with Gasteiger partial charge in [0, 0.05) is 49.0 Å². The first-order chi connectivity index (χ1) is 22.1. The molecule has 6 aromatic rings. The van der Waals surface area contributed by atoms with Crippen LogP contribution in [0.4, 0.5) is 0 Å². The Morgan fingerprint density at radius 1 is 1.04 bits per heavy atom. The van der Waals surface area contributed by atoms with Crippen molar-refractivity contribution in [1.82, 2.24) is 33.8 Å². The average Bonchev–Trinajstić information content (AvgIpc) is 3.78. The summed E-state index contributed by atoms with van der Waals surface area (Å²) in [7, 11) is 1.63. The number of amides is 1. The summed E-state index contributed by atoms with van der Waals surface area (Å²) >= 11 is 0. The lowest BCUT2D eigenvalue weighted by molar-refractivity contribution is 0.0708. The fourth-order valence-electron chi connectivity index (χ4n) is 6.65. The van der Waals surface area contributed by atoms with Crippen molar-refractivity contribution in [2.45, 2.75) is 38.4 Å². The third kappa shape index (κ3) is 4.80. The zero-order chi connectivity index (χ0) is 30.5. The first-order valence-corrected chi connectivity index (χ1v) is 15.4. The van der Waals surface area contributed by atoms with Crippen LogP contribution in [0.5, 0.6) is 11.5 Å². The number of imidazole rings is 1. The van der Waals surface area contributed by atoms with Crippen LogP contribution < -0.4 is 15.2 Å². The Morgan fingerprint density at radius 3 is 2.84 bits per heavy atom. The number of carbonyl (C=O) groups excluding carboxylic acids is 1. The summed E-state index contributed by atoms with van der Waals surface area (Å²) in [5.74, 6) is 2.05. The summed E-state index contributed by atoms with van der Waals surface area (Å²) in [6.45, 7) is 2.87. The van der Waals surface area contributed by atoms with Crippen molar-refractivity contribution in [3.8, 4) is 28.7 Å². The van der Waals surface area contributed by atoms with E-state index in [2.05, 4.69) is 21.3 Å². The minimum absolute atomic E-state index is 0.0112. The summed E-state index contributed by atoms with van der Waals surface area (Å²) in [5, 5.41) is 5.97. The molecule has 0 radical (unpaired) electrons. The second kappa shape index (κ2) is 11.1. The smallest absolute Gasteiger partial charge is 0.254 e. The molecule has 6 heterocycles. The van der Waals surface area contributed by atoms with Gasteiger partial charge >= 0.3 is 0 Å². The van der Waals surface area contributed by atoms with Gasteiger partial charge in [-0.05, 0) is 67.8 Å². The Morgan fingerprint density at radius 2 is 1.96 bits per heavy atom. The summed E-state index contributed by atoms with van der Waals surface area (Å²) in [4.78, 5) is 25.5. The fourth-order valence-corrected chi connectivity index (χ4v) is 6.65. The largest absolute Gasteiger partial charge is 0.494 e.